The number of benzene rings is 2. The van der Waals surface area contributed by atoms with Crippen LogP contribution in [-0.4, -0.2) is 57.2 Å². The Kier molecular flexibility index (Phi) is 7.89. The molecule has 5 heteroatoms. The van der Waals surface area contributed by atoms with E-state index in [1.54, 1.807) is 7.11 Å². The number of para-hydroxylation sites is 1. The van der Waals surface area contributed by atoms with Crippen LogP contribution in [0.4, 0.5) is 0 Å². The number of ether oxygens (including phenoxy) is 3. The van der Waals surface area contributed by atoms with E-state index in [2.05, 4.69) is 50.2 Å². The van der Waals surface area contributed by atoms with Gasteiger partial charge in [-0.3, -0.25) is 0 Å². The van der Waals surface area contributed by atoms with Crippen molar-refractivity contribution in [2.75, 3.05) is 33.7 Å². The Balaban J connectivity index is 1.71. The Bertz CT molecular complexity index is 751. The smallest absolute Gasteiger partial charge is 0.126 e. The van der Waals surface area contributed by atoms with E-state index in [1.807, 2.05) is 26.4 Å². The van der Waals surface area contributed by atoms with E-state index in [0.717, 1.165) is 14.3 Å². The van der Waals surface area contributed by atoms with Crippen molar-refractivity contribution in [1.29, 1.82) is 0 Å². The third-order valence-electron chi connectivity index (χ3n) is 5.87. The molecular formula is C23H32O3P2. The fourth-order valence-corrected chi connectivity index (χ4v) is 9.69. The van der Waals surface area contributed by atoms with Gasteiger partial charge in [0.05, 0.1) is 19.3 Å². The monoisotopic (exact) mass is 418 g/mol. The second-order valence-corrected chi connectivity index (χ2v) is 11.8. The molecule has 1 aliphatic rings. The molecule has 0 radical (unpaired) electrons. The molecule has 0 N–H and O–H groups in total. The lowest BCUT2D eigenvalue weighted by molar-refractivity contribution is -0.0244. The summed E-state index contributed by atoms with van der Waals surface area (Å²) >= 11 is 0. The van der Waals surface area contributed by atoms with E-state index >= 15 is 0 Å². The van der Waals surface area contributed by atoms with Crippen molar-refractivity contribution in [3.63, 3.8) is 0 Å². The highest BCUT2D eigenvalue weighted by atomic mass is 31.1. The summed E-state index contributed by atoms with van der Waals surface area (Å²) in [4.78, 5) is 0. The molecule has 0 spiro atoms. The van der Waals surface area contributed by atoms with Crippen molar-refractivity contribution in [3.8, 4) is 16.9 Å². The van der Waals surface area contributed by atoms with Gasteiger partial charge in [-0.2, -0.15) is 0 Å². The highest BCUT2D eigenvalue weighted by molar-refractivity contribution is 7.60. The summed E-state index contributed by atoms with van der Waals surface area (Å²) in [6, 6.07) is 17.0. The van der Waals surface area contributed by atoms with Crippen LogP contribution in [0.25, 0.3) is 11.1 Å². The fraction of sp³-hybridized carbons (Fsp3) is 0.478. The van der Waals surface area contributed by atoms with Gasteiger partial charge in [0.15, 0.2) is 0 Å². The van der Waals surface area contributed by atoms with Gasteiger partial charge in [-0.15, -0.1) is 0 Å². The van der Waals surface area contributed by atoms with E-state index in [9.17, 15) is 0 Å². The standard InChI is InChI=1S/C23H32O3P2/c1-16-22(25-4)23(26-5)17(2)28(16)15-14-27-21-13-9-7-11-19(21)18-10-6-8-12-20(18)24-3/h6-13,16-17,22-23,27H,14-15H2,1-5H3. The summed E-state index contributed by atoms with van der Waals surface area (Å²) in [5.41, 5.74) is 3.66. The van der Waals surface area contributed by atoms with Gasteiger partial charge in [-0.1, -0.05) is 72.8 Å². The zero-order valence-corrected chi connectivity index (χ0v) is 19.4. The zero-order chi connectivity index (χ0) is 20.1. The number of rotatable bonds is 8. The molecule has 1 saturated heterocycles. The van der Waals surface area contributed by atoms with Gasteiger partial charge >= 0.3 is 0 Å². The Morgan fingerprint density at radius 1 is 0.821 bits per heavy atom. The summed E-state index contributed by atoms with van der Waals surface area (Å²) < 4.78 is 17.1. The average Bonchev–Trinajstić information content (AvgIpc) is 2.97. The Morgan fingerprint density at radius 3 is 2.00 bits per heavy atom. The van der Waals surface area contributed by atoms with Crippen LogP contribution in [0.1, 0.15) is 13.8 Å². The molecule has 1 fully saturated rings. The molecule has 28 heavy (non-hydrogen) atoms. The van der Waals surface area contributed by atoms with Crippen LogP contribution in [0.3, 0.4) is 0 Å². The summed E-state index contributed by atoms with van der Waals surface area (Å²) in [5, 5.41) is 1.42. The molecule has 3 rings (SSSR count). The van der Waals surface area contributed by atoms with Crippen LogP contribution in [-0.2, 0) is 9.47 Å². The van der Waals surface area contributed by atoms with E-state index in [4.69, 9.17) is 14.2 Å². The maximum absolute atomic E-state index is 5.77. The largest absolute Gasteiger partial charge is 0.496 e. The minimum absolute atomic E-state index is 0.0950. The first-order valence-corrected chi connectivity index (χ1v) is 12.8. The third-order valence-corrected chi connectivity index (χ3v) is 11.0. The summed E-state index contributed by atoms with van der Waals surface area (Å²) in [6.07, 6.45) is 2.96. The van der Waals surface area contributed by atoms with Gasteiger partial charge in [-0.25, -0.2) is 0 Å². The average molecular weight is 418 g/mol. The first-order valence-electron chi connectivity index (χ1n) is 9.90. The molecule has 0 aliphatic carbocycles. The number of hydrogen-bond acceptors (Lipinski definition) is 3. The molecule has 152 valence electrons. The highest BCUT2D eigenvalue weighted by Crippen LogP contribution is 2.57. The molecule has 5 atom stereocenters. The summed E-state index contributed by atoms with van der Waals surface area (Å²) in [5.74, 6) is 0.938. The van der Waals surface area contributed by atoms with Gasteiger partial charge in [-0.05, 0) is 29.3 Å². The first-order chi connectivity index (χ1) is 13.6. The molecule has 2 aromatic rings. The van der Waals surface area contributed by atoms with Crippen molar-refractivity contribution in [2.45, 2.75) is 37.4 Å². The summed E-state index contributed by atoms with van der Waals surface area (Å²) in [7, 11) is 6.09. The van der Waals surface area contributed by atoms with Crippen LogP contribution < -0.4 is 10.0 Å². The minimum Gasteiger partial charge on any atom is -0.496 e. The number of methoxy groups -OCH3 is 3. The fourth-order valence-electron chi connectivity index (χ4n) is 4.43. The third kappa shape index (κ3) is 4.44. The molecule has 0 aromatic heterocycles. The Morgan fingerprint density at radius 2 is 1.39 bits per heavy atom. The van der Waals surface area contributed by atoms with Crippen LogP contribution in [0.2, 0.25) is 0 Å². The molecule has 3 nitrogen and oxygen atoms in total. The van der Waals surface area contributed by atoms with E-state index in [0.29, 0.717) is 11.3 Å². The topological polar surface area (TPSA) is 27.7 Å². The second-order valence-electron chi connectivity index (χ2n) is 7.29. The highest BCUT2D eigenvalue weighted by Gasteiger charge is 2.46. The SMILES string of the molecule is COc1ccccc1-c1ccccc1PCCP1C(C)C(OC)C(OC)C1C. The van der Waals surface area contributed by atoms with E-state index in [1.165, 1.54) is 28.8 Å². The molecule has 1 heterocycles. The van der Waals surface area contributed by atoms with Gasteiger partial charge in [0.2, 0.25) is 0 Å². The maximum Gasteiger partial charge on any atom is 0.126 e. The van der Waals surface area contributed by atoms with Crippen LogP contribution in [0.15, 0.2) is 48.5 Å². The molecular weight excluding hydrogens is 386 g/mol. The lowest BCUT2D eigenvalue weighted by Gasteiger charge is -2.22. The molecule has 0 bridgehead atoms. The number of hydrogen-bond donors (Lipinski definition) is 0. The quantitative estimate of drug-likeness (QED) is 0.567. The van der Waals surface area contributed by atoms with Crippen LogP contribution in [0, 0.1) is 0 Å². The molecule has 0 saturated carbocycles. The molecule has 1 aliphatic heterocycles. The molecule has 5 unspecified atom stereocenters. The minimum atomic E-state index is -0.0950. The normalized spacial score (nSPS) is 27.5. The van der Waals surface area contributed by atoms with Crippen molar-refractivity contribution in [3.05, 3.63) is 48.5 Å². The van der Waals surface area contributed by atoms with Crippen LogP contribution in [0.5, 0.6) is 5.75 Å². The van der Waals surface area contributed by atoms with Crippen molar-refractivity contribution in [1.82, 2.24) is 0 Å². The van der Waals surface area contributed by atoms with Gasteiger partial charge in [0.1, 0.15) is 5.75 Å². The predicted molar refractivity (Wildman–Crippen MR) is 124 cm³/mol. The zero-order valence-electron chi connectivity index (χ0n) is 17.5. The second kappa shape index (κ2) is 10.2. The predicted octanol–water partition coefficient (Wildman–Crippen LogP) is 4.97. The van der Waals surface area contributed by atoms with E-state index in [-0.39, 0.29) is 20.1 Å². The Labute approximate surface area is 172 Å². The van der Waals surface area contributed by atoms with Crippen molar-refractivity contribution >= 4 is 21.8 Å². The van der Waals surface area contributed by atoms with Crippen molar-refractivity contribution in [2.24, 2.45) is 0 Å². The molecule has 0 amide bonds. The lowest BCUT2D eigenvalue weighted by atomic mass is 10.0. The van der Waals surface area contributed by atoms with Gasteiger partial charge in [0, 0.05) is 31.1 Å². The lowest BCUT2D eigenvalue weighted by Crippen LogP contribution is -2.34. The Hall–Kier alpha value is -0.980. The first kappa shape index (κ1) is 21.7. The van der Waals surface area contributed by atoms with Gasteiger partial charge in [0.25, 0.3) is 0 Å². The van der Waals surface area contributed by atoms with Gasteiger partial charge < -0.3 is 14.2 Å². The maximum atomic E-state index is 5.77. The van der Waals surface area contributed by atoms with E-state index < -0.39 is 0 Å². The molecule has 2 aromatic carbocycles. The van der Waals surface area contributed by atoms with Crippen LogP contribution >= 0.6 is 16.5 Å². The van der Waals surface area contributed by atoms with Crippen molar-refractivity contribution < 1.29 is 14.2 Å². The summed E-state index contributed by atoms with van der Waals surface area (Å²) in [6.45, 7) is 4.70.